The highest BCUT2D eigenvalue weighted by molar-refractivity contribution is 5.93. The number of nitrogens with zero attached hydrogens (tertiary/aromatic N) is 1. The summed E-state index contributed by atoms with van der Waals surface area (Å²) in [5, 5.41) is 8.16. The number of carboxylic acid groups (broad SMARTS) is 1. The third kappa shape index (κ3) is 3.38. The summed E-state index contributed by atoms with van der Waals surface area (Å²) < 4.78 is 0. The number of hydrogen-bond donors (Lipinski definition) is 1. The van der Waals surface area contributed by atoms with E-state index >= 15 is 0 Å². The number of carbonyl (C=O) groups excluding carboxylic acids is 1. The Morgan fingerprint density at radius 1 is 1.60 bits per heavy atom. The van der Waals surface area contributed by atoms with E-state index < -0.39 is 11.9 Å². The molecule has 0 aromatic carbocycles. The third-order valence-corrected chi connectivity index (χ3v) is 0.606. The Balaban J connectivity index is 4.20. The van der Waals surface area contributed by atoms with Crippen molar-refractivity contribution in [1.29, 1.82) is 0 Å². The molecular weight excluding hydrogens is 134 g/mol. The van der Waals surface area contributed by atoms with Crippen LogP contribution in [-0.4, -0.2) is 17.0 Å². The van der Waals surface area contributed by atoms with Crippen LogP contribution in [0.3, 0.4) is 0 Å². The first-order valence-corrected chi connectivity index (χ1v) is 2.43. The highest BCUT2D eigenvalue weighted by Gasteiger charge is 2.07. The molecule has 0 rings (SSSR count). The van der Waals surface area contributed by atoms with Crippen molar-refractivity contribution in [2.24, 2.45) is 0 Å². The average Bonchev–Trinajstić information content (AvgIpc) is 1.82. The Morgan fingerprint density at radius 3 is 2.40 bits per heavy atom. The van der Waals surface area contributed by atoms with E-state index in [1.807, 2.05) is 6.07 Å². The molecule has 10 heavy (non-hydrogen) atoms. The predicted octanol–water partition coefficient (Wildman–Crippen LogP) is 0.507. The van der Waals surface area contributed by atoms with Crippen molar-refractivity contribution >= 4 is 11.9 Å². The normalized spacial score (nSPS) is 7.30. The summed E-state index contributed by atoms with van der Waals surface area (Å²) in [5.41, 5.74) is -0.324. The molecule has 4 nitrogen and oxygen atoms in total. The van der Waals surface area contributed by atoms with Gasteiger partial charge in [0, 0.05) is 4.85 Å². The van der Waals surface area contributed by atoms with Crippen molar-refractivity contribution in [3.8, 4) is 6.07 Å². The summed E-state index contributed by atoms with van der Waals surface area (Å²) in [4.78, 5) is 23.2. The van der Waals surface area contributed by atoms with Crippen LogP contribution in [0.1, 0.15) is 6.92 Å². The first-order chi connectivity index (χ1) is 4.54. The first-order valence-electron chi connectivity index (χ1n) is 2.43. The molecule has 0 heterocycles. The fraction of sp³-hybridized carbons (Fsp3) is 0.167. The molecule has 0 radical (unpaired) electrons. The summed E-state index contributed by atoms with van der Waals surface area (Å²) in [6.45, 7) is 4.27. The lowest BCUT2D eigenvalue weighted by atomic mass is 10.3. The summed E-state index contributed by atoms with van der Waals surface area (Å²) in [6, 6.07) is 1.96. The van der Waals surface area contributed by atoms with E-state index in [1.54, 1.807) is 0 Å². The van der Waals surface area contributed by atoms with Gasteiger partial charge in [-0.3, -0.25) is 0 Å². The molecule has 0 aliphatic carbocycles. The molecule has 0 unspecified atom stereocenters. The van der Waals surface area contributed by atoms with Crippen LogP contribution in [-0.2, 0) is 9.59 Å². The van der Waals surface area contributed by atoms with Crippen LogP contribution < -0.4 is 0 Å². The van der Waals surface area contributed by atoms with Gasteiger partial charge in [-0.25, -0.2) is 9.59 Å². The largest absolute Gasteiger partial charge is 0.512 e. The SMILES string of the molecule is C=C(C#[N+]C(C)=O)C(=O)O. The minimum absolute atomic E-state index is 0.324. The number of rotatable bonds is 1. The standard InChI is InChI=1S/C6H5NO3/c1-4(6(9)10)3-7-5(2)8/h1H2,2H3/p+1. The molecule has 0 aliphatic heterocycles. The quantitative estimate of drug-likeness (QED) is 0.426. The zero-order valence-electron chi connectivity index (χ0n) is 5.42. The second kappa shape index (κ2) is 3.41. The highest BCUT2D eigenvalue weighted by atomic mass is 16.4. The summed E-state index contributed by atoms with van der Waals surface area (Å²) in [7, 11) is 0. The van der Waals surface area contributed by atoms with E-state index in [2.05, 4.69) is 11.4 Å². The van der Waals surface area contributed by atoms with E-state index in [0.717, 1.165) is 0 Å². The maximum Gasteiger partial charge on any atom is 0.512 e. The number of aliphatic carboxylic acids is 1. The molecule has 0 aliphatic rings. The maximum atomic E-state index is 10.1. The minimum Gasteiger partial charge on any atom is -0.477 e. The van der Waals surface area contributed by atoms with Crippen molar-refractivity contribution in [3.63, 3.8) is 0 Å². The van der Waals surface area contributed by atoms with Crippen LogP contribution >= 0.6 is 0 Å². The average molecular weight is 140 g/mol. The Kier molecular flexibility index (Phi) is 2.85. The van der Waals surface area contributed by atoms with Gasteiger partial charge in [0.15, 0.2) is 5.57 Å². The fourth-order valence-corrected chi connectivity index (χ4v) is 0.194. The number of amides is 1. The Hall–Kier alpha value is -1.63. The second-order valence-corrected chi connectivity index (χ2v) is 1.53. The molecule has 4 heteroatoms. The van der Waals surface area contributed by atoms with Crippen LogP contribution in [0, 0.1) is 6.07 Å². The predicted molar refractivity (Wildman–Crippen MR) is 34.7 cm³/mol. The third-order valence-electron chi connectivity index (χ3n) is 0.606. The van der Waals surface area contributed by atoms with Gasteiger partial charge < -0.3 is 5.11 Å². The van der Waals surface area contributed by atoms with Gasteiger partial charge in [0.25, 0.3) is 0 Å². The van der Waals surface area contributed by atoms with Crippen LogP contribution in [0.5, 0.6) is 0 Å². The molecule has 0 spiro atoms. The lowest BCUT2D eigenvalue weighted by Gasteiger charge is -1.74. The van der Waals surface area contributed by atoms with Crippen molar-refractivity contribution in [2.45, 2.75) is 6.92 Å². The van der Waals surface area contributed by atoms with E-state index in [4.69, 9.17) is 5.11 Å². The van der Waals surface area contributed by atoms with Gasteiger partial charge in [-0.2, -0.15) is 0 Å². The Bertz CT molecular complexity index is 243. The molecule has 0 saturated heterocycles. The molecule has 1 N–H and O–H groups in total. The minimum atomic E-state index is -1.23. The van der Waals surface area contributed by atoms with Gasteiger partial charge in [-0.05, 0) is 0 Å². The van der Waals surface area contributed by atoms with E-state index in [1.165, 1.54) is 6.92 Å². The van der Waals surface area contributed by atoms with Gasteiger partial charge in [-0.15, -0.1) is 0 Å². The molecule has 52 valence electrons. The van der Waals surface area contributed by atoms with E-state index in [-0.39, 0.29) is 5.57 Å². The van der Waals surface area contributed by atoms with E-state index in [9.17, 15) is 9.59 Å². The Morgan fingerprint density at radius 2 is 2.10 bits per heavy atom. The van der Waals surface area contributed by atoms with Crippen molar-refractivity contribution in [1.82, 2.24) is 0 Å². The molecule has 1 amide bonds. The molecule has 0 saturated carbocycles. The van der Waals surface area contributed by atoms with Gasteiger partial charge in [0.1, 0.15) is 0 Å². The fourth-order valence-electron chi connectivity index (χ4n) is 0.194. The molecule has 0 aromatic heterocycles. The monoisotopic (exact) mass is 140 g/mol. The molecule has 0 aromatic rings. The Labute approximate surface area is 57.6 Å². The summed E-state index contributed by atoms with van der Waals surface area (Å²) in [6.07, 6.45) is 0. The van der Waals surface area contributed by atoms with Crippen molar-refractivity contribution in [3.05, 3.63) is 17.0 Å². The molecule has 0 fully saturated rings. The highest BCUT2D eigenvalue weighted by Crippen LogP contribution is 1.86. The van der Waals surface area contributed by atoms with Gasteiger partial charge in [0.2, 0.25) is 0 Å². The number of carbonyl (C=O) groups is 2. The zero-order valence-corrected chi connectivity index (χ0v) is 5.42. The van der Waals surface area contributed by atoms with Gasteiger partial charge in [-0.1, -0.05) is 6.58 Å². The second-order valence-electron chi connectivity index (χ2n) is 1.53. The van der Waals surface area contributed by atoms with Crippen LogP contribution in [0.25, 0.3) is 4.85 Å². The van der Waals surface area contributed by atoms with E-state index in [0.29, 0.717) is 0 Å². The van der Waals surface area contributed by atoms with Crippen LogP contribution in [0.2, 0.25) is 0 Å². The summed E-state index contributed by atoms with van der Waals surface area (Å²) >= 11 is 0. The maximum absolute atomic E-state index is 10.1. The van der Waals surface area contributed by atoms with Crippen molar-refractivity contribution < 1.29 is 14.7 Å². The smallest absolute Gasteiger partial charge is 0.477 e. The topological polar surface area (TPSA) is 58.7 Å². The first kappa shape index (κ1) is 8.37. The van der Waals surface area contributed by atoms with Gasteiger partial charge in [0.05, 0.1) is 6.92 Å². The summed E-state index contributed by atoms with van der Waals surface area (Å²) in [5.74, 6) is -1.73. The number of carboxylic acids is 1. The molecule has 0 bridgehead atoms. The van der Waals surface area contributed by atoms with Gasteiger partial charge >= 0.3 is 17.9 Å². The zero-order chi connectivity index (χ0) is 8.15. The van der Waals surface area contributed by atoms with Crippen molar-refractivity contribution in [2.75, 3.05) is 0 Å². The lowest BCUT2D eigenvalue weighted by Crippen LogP contribution is -1.95. The van der Waals surface area contributed by atoms with Crippen LogP contribution in [0.15, 0.2) is 12.2 Å². The van der Waals surface area contributed by atoms with Crippen LogP contribution in [0.4, 0.5) is 0 Å². The number of hydrogen-bond acceptors (Lipinski definition) is 2. The molecule has 0 atom stereocenters. The lowest BCUT2D eigenvalue weighted by molar-refractivity contribution is -0.132. The molecular formula is C6H6NO3+.